The second kappa shape index (κ2) is 11.1. The Balaban J connectivity index is 2.37. The summed E-state index contributed by atoms with van der Waals surface area (Å²) in [7, 11) is 0. The van der Waals surface area contributed by atoms with Gasteiger partial charge >= 0.3 is 5.97 Å². The van der Waals surface area contributed by atoms with Crippen LogP contribution in [0.1, 0.15) is 58.9 Å². The molecule has 2 aromatic rings. The maximum absolute atomic E-state index is 12.9. The molecule has 0 unspecified atom stereocenters. The average molecular weight is 463 g/mol. The van der Waals surface area contributed by atoms with Gasteiger partial charge < -0.3 is 15.0 Å². The van der Waals surface area contributed by atoms with E-state index in [2.05, 4.69) is 5.32 Å². The van der Waals surface area contributed by atoms with E-state index in [1.165, 1.54) is 6.08 Å². The van der Waals surface area contributed by atoms with E-state index in [9.17, 15) is 14.4 Å². The van der Waals surface area contributed by atoms with E-state index < -0.39 is 11.9 Å². The van der Waals surface area contributed by atoms with Gasteiger partial charge in [0.15, 0.2) is 0 Å². The lowest BCUT2D eigenvalue weighted by molar-refractivity contribution is -0.111. The third-order valence-electron chi connectivity index (χ3n) is 4.45. The summed E-state index contributed by atoms with van der Waals surface area (Å²) < 4.78 is 5.35. The van der Waals surface area contributed by atoms with Crippen LogP contribution in [-0.2, 0) is 9.53 Å². The Labute approximate surface area is 191 Å². The number of anilines is 1. The molecule has 0 saturated carbocycles. The zero-order chi connectivity index (χ0) is 23.1. The molecular weight excluding hydrogens is 436 g/mol. The molecule has 0 fully saturated rings. The third-order valence-corrected chi connectivity index (χ3v) is 5.88. The van der Waals surface area contributed by atoms with E-state index in [1.54, 1.807) is 49.9 Å². The maximum atomic E-state index is 12.9. The van der Waals surface area contributed by atoms with Crippen LogP contribution < -0.4 is 5.32 Å². The summed E-state index contributed by atoms with van der Waals surface area (Å²) in [6.07, 6.45) is 2.64. The first-order chi connectivity index (χ1) is 14.7. The molecule has 0 saturated heterocycles. The summed E-state index contributed by atoms with van der Waals surface area (Å²) in [5.74, 6) is -1.18. The Kier molecular flexibility index (Phi) is 8.83. The molecule has 0 spiro atoms. The molecule has 2 amide bonds. The van der Waals surface area contributed by atoms with Crippen LogP contribution in [0.15, 0.2) is 30.3 Å². The van der Waals surface area contributed by atoms with E-state index in [4.69, 9.17) is 16.3 Å². The van der Waals surface area contributed by atoms with Crippen LogP contribution in [0, 0.1) is 6.92 Å². The second-order valence-electron chi connectivity index (χ2n) is 7.07. The van der Waals surface area contributed by atoms with Crippen LogP contribution in [-0.4, -0.2) is 41.9 Å². The number of amides is 2. The van der Waals surface area contributed by atoms with Crippen molar-refractivity contribution in [2.45, 2.75) is 40.7 Å². The summed E-state index contributed by atoms with van der Waals surface area (Å²) in [6, 6.07) is 7.08. The van der Waals surface area contributed by atoms with E-state index in [-0.39, 0.29) is 17.6 Å². The van der Waals surface area contributed by atoms with Crippen molar-refractivity contribution >= 4 is 51.8 Å². The van der Waals surface area contributed by atoms with Gasteiger partial charge in [-0.3, -0.25) is 9.59 Å². The van der Waals surface area contributed by atoms with Gasteiger partial charge in [-0.05, 0) is 64.0 Å². The normalized spacial score (nSPS) is 11.1. The lowest BCUT2D eigenvalue weighted by atomic mass is 10.1. The highest BCUT2D eigenvalue weighted by atomic mass is 35.5. The number of carbonyl (C=O) groups is 3. The fourth-order valence-electron chi connectivity index (χ4n) is 2.91. The Morgan fingerprint density at radius 3 is 2.48 bits per heavy atom. The van der Waals surface area contributed by atoms with Crippen LogP contribution in [0.25, 0.3) is 6.08 Å². The fraction of sp³-hybridized carbons (Fsp3) is 0.348. The van der Waals surface area contributed by atoms with Crippen molar-refractivity contribution in [3.8, 4) is 0 Å². The molecule has 1 aromatic heterocycles. The topological polar surface area (TPSA) is 75.7 Å². The van der Waals surface area contributed by atoms with Gasteiger partial charge in [-0.15, -0.1) is 11.3 Å². The van der Waals surface area contributed by atoms with E-state index in [0.717, 1.165) is 16.9 Å². The van der Waals surface area contributed by atoms with Gasteiger partial charge in [-0.25, -0.2) is 4.79 Å². The highest BCUT2D eigenvalue weighted by molar-refractivity contribution is 7.18. The zero-order valence-electron chi connectivity index (χ0n) is 18.3. The van der Waals surface area contributed by atoms with Gasteiger partial charge in [-0.1, -0.05) is 23.7 Å². The predicted molar refractivity (Wildman–Crippen MR) is 126 cm³/mol. The van der Waals surface area contributed by atoms with Crippen molar-refractivity contribution in [3.63, 3.8) is 0 Å². The molecule has 0 aliphatic heterocycles. The van der Waals surface area contributed by atoms with Crippen LogP contribution in [0.3, 0.4) is 0 Å². The van der Waals surface area contributed by atoms with Crippen molar-refractivity contribution in [3.05, 3.63) is 56.9 Å². The summed E-state index contributed by atoms with van der Waals surface area (Å²) in [6.45, 7) is 10.1. The minimum absolute atomic E-state index is 0.180. The molecule has 2 rings (SSSR count). The molecule has 0 radical (unpaired) electrons. The van der Waals surface area contributed by atoms with E-state index >= 15 is 0 Å². The molecule has 1 N–H and O–H groups in total. The Morgan fingerprint density at radius 2 is 1.90 bits per heavy atom. The maximum Gasteiger partial charge on any atom is 0.341 e. The van der Waals surface area contributed by atoms with Gasteiger partial charge in [0.25, 0.3) is 5.91 Å². The standard InChI is InChI=1S/C23H27ClN2O4S/c1-6-26(7-2)22(28)20-15(5)19(23(29)30-14(3)4)21(31-20)25-18(27)12-11-16-9-8-10-17(24)13-16/h8-14H,6-7H2,1-5H3,(H,25,27). The first kappa shape index (κ1) is 24.6. The molecule has 1 heterocycles. The summed E-state index contributed by atoms with van der Waals surface area (Å²) in [4.78, 5) is 40.2. The molecule has 0 bridgehead atoms. The number of rotatable bonds is 8. The van der Waals surface area contributed by atoms with Gasteiger partial charge in [0.2, 0.25) is 5.91 Å². The van der Waals surface area contributed by atoms with Crippen molar-refractivity contribution in [2.75, 3.05) is 18.4 Å². The number of hydrogen-bond donors (Lipinski definition) is 1. The number of esters is 1. The third kappa shape index (κ3) is 6.42. The van der Waals surface area contributed by atoms with Gasteiger partial charge in [0.05, 0.1) is 16.5 Å². The first-order valence-corrected chi connectivity index (χ1v) is 11.3. The number of halogens is 1. The zero-order valence-corrected chi connectivity index (χ0v) is 19.9. The number of benzene rings is 1. The summed E-state index contributed by atoms with van der Waals surface area (Å²) in [5.41, 5.74) is 1.47. The second-order valence-corrected chi connectivity index (χ2v) is 8.53. The number of ether oxygens (including phenoxy) is 1. The summed E-state index contributed by atoms with van der Waals surface area (Å²) >= 11 is 7.05. The average Bonchev–Trinajstić information content (AvgIpc) is 3.02. The van der Waals surface area contributed by atoms with Crippen LogP contribution in [0.5, 0.6) is 0 Å². The van der Waals surface area contributed by atoms with Crippen molar-refractivity contribution in [1.82, 2.24) is 4.90 Å². The molecule has 0 aliphatic rings. The Morgan fingerprint density at radius 1 is 1.23 bits per heavy atom. The van der Waals surface area contributed by atoms with Gasteiger partial charge in [-0.2, -0.15) is 0 Å². The number of hydrogen-bond acceptors (Lipinski definition) is 5. The number of nitrogens with zero attached hydrogens (tertiary/aromatic N) is 1. The number of nitrogens with one attached hydrogen (secondary N) is 1. The molecule has 31 heavy (non-hydrogen) atoms. The largest absolute Gasteiger partial charge is 0.459 e. The quantitative estimate of drug-likeness (QED) is 0.420. The lowest BCUT2D eigenvalue weighted by Crippen LogP contribution is -2.30. The van der Waals surface area contributed by atoms with Crippen molar-refractivity contribution < 1.29 is 19.1 Å². The minimum atomic E-state index is -0.573. The molecule has 0 atom stereocenters. The van der Waals surface area contributed by atoms with E-state index in [0.29, 0.717) is 33.6 Å². The monoisotopic (exact) mass is 462 g/mol. The minimum Gasteiger partial charge on any atom is -0.459 e. The molecular formula is C23H27ClN2O4S. The molecule has 0 aliphatic carbocycles. The highest BCUT2D eigenvalue weighted by Crippen LogP contribution is 2.35. The van der Waals surface area contributed by atoms with Gasteiger partial charge in [0.1, 0.15) is 5.00 Å². The number of thiophene rings is 1. The van der Waals surface area contributed by atoms with Crippen LogP contribution in [0.4, 0.5) is 5.00 Å². The SMILES string of the molecule is CCN(CC)C(=O)c1sc(NC(=O)C=Cc2cccc(Cl)c2)c(C(=O)OC(C)C)c1C. The molecule has 166 valence electrons. The first-order valence-electron chi connectivity index (χ1n) is 10.1. The van der Waals surface area contributed by atoms with Gasteiger partial charge in [0, 0.05) is 24.2 Å². The molecule has 6 nitrogen and oxygen atoms in total. The molecule has 1 aromatic carbocycles. The Bertz CT molecular complexity index is 993. The smallest absolute Gasteiger partial charge is 0.341 e. The molecule has 8 heteroatoms. The Hall–Kier alpha value is -2.64. The predicted octanol–water partition coefficient (Wildman–Crippen LogP) is 5.41. The highest BCUT2D eigenvalue weighted by Gasteiger charge is 2.28. The van der Waals surface area contributed by atoms with Crippen LogP contribution in [0.2, 0.25) is 5.02 Å². The fourth-order valence-corrected chi connectivity index (χ4v) is 4.28. The van der Waals surface area contributed by atoms with E-state index in [1.807, 2.05) is 19.9 Å². The summed E-state index contributed by atoms with van der Waals surface area (Å²) in [5, 5.41) is 3.58. The number of carbonyl (C=O) groups excluding carboxylic acids is 3. The van der Waals surface area contributed by atoms with Crippen molar-refractivity contribution in [1.29, 1.82) is 0 Å². The lowest BCUT2D eigenvalue weighted by Gasteiger charge is -2.18. The van der Waals surface area contributed by atoms with Crippen LogP contribution >= 0.6 is 22.9 Å². The van der Waals surface area contributed by atoms with Crippen molar-refractivity contribution in [2.24, 2.45) is 0 Å².